The summed E-state index contributed by atoms with van der Waals surface area (Å²) in [5, 5.41) is 4.42. The number of nitrogens with two attached hydrogens (primary N) is 1. The van der Waals surface area contributed by atoms with Gasteiger partial charge in [0.1, 0.15) is 0 Å². The maximum absolute atomic E-state index is 12.7. The number of nitrogens with one attached hydrogen (secondary N) is 1. The van der Waals surface area contributed by atoms with E-state index in [1.165, 1.54) is 17.4 Å². The summed E-state index contributed by atoms with van der Waals surface area (Å²) in [6, 6.07) is 4.94. The van der Waals surface area contributed by atoms with Crippen LogP contribution in [0.25, 0.3) is 0 Å². The van der Waals surface area contributed by atoms with Crippen LogP contribution in [0.4, 0.5) is 18.9 Å². The van der Waals surface area contributed by atoms with Gasteiger partial charge >= 0.3 is 6.18 Å². The third-order valence-electron chi connectivity index (χ3n) is 2.72. The lowest BCUT2D eigenvalue weighted by atomic mass is 10.1. The fourth-order valence-electron chi connectivity index (χ4n) is 1.66. The number of carbonyl (C=O) groups excluding carboxylic acids is 1. The molecule has 0 spiro atoms. The van der Waals surface area contributed by atoms with Crippen LogP contribution in [0, 0.1) is 0 Å². The van der Waals surface area contributed by atoms with E-state index in [-0.39, 0.29) is 12.1 Å². The molecule has 0 saturated heterocycles. The molecule has 0 aliphatic carbocycles. The van der Waals surface area contributed by atoms with Crippen LogP contribution in [0.15, 0.2) is 34.1 Å². The fraction of sp³-hybridized carbons (Fsp3) is 0.154. The zero-order valence-electron chi connectivity index (χ0n) is 10.5. The summed E-state index contributed by atoms with van der Waals surface area (Å²) in [5.41, 5.74) is 3.80. The lowest BCUT2D eigenvalue weighted by molar-refractivity contribution is -0.136. The Morgan fingerprint density at radius 3 is 2.62 bits per heavy atom. The highest BCUT2D eigenvalue weighted by Gasteiger charge is 2.33. The lowest BCUT2D eigenvalue weighted by Gasteiger charge is -2.11. The van der Waals surface area contributed by atoms with Crippen LogP contribution in [0.2, 0.25) is 0 Å². The molecular weight excluding hydrogens is 369 g/mol. The minimum Gasteiger partial charge on any atom is -0.398 e. The third kappa shape index (κ3) is 3.76. The van der Waals surface area contributed by atoms with Crippen molar-refractivity contribution in [2.45, 2.75) is 12.7 Å². The molecule has 0 aliphatic heterocycles. The molecule has 1 amide bonds. The molecular formula is C13H10BrF3N2OS. The van der Waals surface area contributed by atoms with Crippen molar-refractivity contribution >= 4 is 38.9 Å². The number of carbonyl (C=O) groups is 1. The molecule has 0 bridgehead atoms. The van der Waals surface area contributed by atoms with Gasteiger partial charge in [-0.15, -0.1) is 11.3 Å². The normalized spacial score (nSPS) is 11.4. The number of hydrogen-bond acceptors (Lipinski definition) is 3. The predicted molar refractivity (Wildman–Crippen MR) is 79.0 cm³/mol. The van der Waals surface area contributed by atoms with Gasteiger partial charge in [-0.25, -0.2) is 0 Å². The number of benzene rings is 1. The van der Waals surface area contributed by atoms with E-state index in [2.05, 4.69) is 21.2 Å². The second-order valence-electron chi connectivity index (χ2n) is 4.17. The highest BCUT2D eigenvalue weighted by molar-refractivity contribution is 9.10. The Morgan fingerprint density at radius 2 is 2.05 bits per heavy atom. The molecule has 0 atom stereocenters. The first kappa shape index (κ1) is 15.8. The first-order valence-electron chi connectivity index (χ1n) is 5.76. The largest absolute Gasteiger partial charge is 0.418 e. The summed E-state index contributed by atoms with van der Waals surface area (Å²) in [5.74, 6) is -0.583. The van der Waals surface area contributed by atoms with Crippen LogP contribution in [0.1, 0.15) is 20.8 Å². The number of nitrogen functional groups attached to an aromatic ring is 1. The van der Waals surface area contributed by atoms with Crippen molar-refractivity contribution in [2.75, 3.05) is 5.73 Å². The van der Waals surface area contributed by atoms with Gasteiger partial charge in [-0.05, 0) is 45.6 Å². The molecule has 0 saturated carbocycles. The number of alkyl halides is 3. The maximum atomic E-state index is 12.7. The molecule has 2 aromatic rings. The van der Waals surface area contributed by atoms with Gasteiger partial charge in [-0.3, -0.25) is 4.79 Å². The van der Waals surface area contributed by atoms with Crippen molar-refractivity contribution in [1.82, 2.24) is 5.32 Å². The predicted octanol–water partition coefficient (Wildman–Crippen LogP) is 4.04. The summed E-state index contributed by atoms with van der Waals surface area (Å²) >= 11 is 4.75. The zero-order chi connectivity index (χ0) is 15.6. The van der Waals surface area contributed by atoms with Crippen molar-refractivity contribution in [3.8, 4) is 0 Å². The van der Waals surface area contributed by atoms with Crippen LogP contribution in [-0.4, -0.2) is 5.91 Å². The van der Waals surface area contributed by atoms with Gasteiger partial charge in [0.05, 0.1) is 12.1 Å². The summed E-state index contributed by atoms with van der Waals surface area (Å²) in [7, 11) is 0. The molecule has 112 valence electrons. The van der Waals surface area contributed by atoms with Crippen molar-refractivity contribution in [2.24, 2.45) is 0 Å². The Hall–Kier alpha value is -1.54. The number of hydrogen-bond donors (Lipinski definition) is 2. The first-order valence-corrected chi connectivity index (χ1v) is 7.43. The Morgan fingerprint density at radius 1 is 1.33 bits per heavy atom. The minimum absolute atomic E-state index is 0.0794. The van der Waals surface area contributed by atoms with E-state index in [0.29, 0.717) is 0 Å². The van der Waals surface area contributed by atoms with Crippen LogP contribution in [0.3, 0.4) is 0 Å². The molecule has 3 N–H and O–H groups in total. The molecule has 3 nitrogen and oxygen atoms in total. The molecule has 0 radical (unpaired) electrons. The smallest absolute Gasteiger partial charge is 0.398 e. The van der Waals surface area contributed by atoms with E-state index in [9.17, 15) is 18.0 Å². The van der Waals surface area contributed by atoms with Gasteiger partial charge in [0.15, 0.2) is 0 Å². The maximum Gasteiger partial charge on any atom is 0.418 e. The van der Waals surface area contributed by atoms with Crippen LogP contribution in [-0.2, 0) is 12.7 Å². The van der Waals surface area contributed by atoms with Crippen molar-refractivity contribution < 1.29 is 18.0 Å². The van der Waals surface area contributed by atoms with Crippen LogP contribution < -0.4 is 11.1 Å². The number of thiophene rings is 1. The summed E-state index contributed by atoms with van der Waals surface area (Å²) < 4.78 is 39.1. The topological polar surface area (TPSA) is 55.1 Å². The van der Waals surface area contributed by atoms with Gasteiger partial charge in [-0.2, -0.15) is 13.2 Å². The molecule has 1 aromatic heterocycles. The van der Waals surface area contributed by atoms with Crippen LogP contribution >= 0.6 is 27.3 Å². The molecule has 0 unspecified atom stereocenters. The van der Waals surface area contributed by atoms with E-state index in [1.807, 2.05) is 11.4 Å². The second-order valence-corrected chi connectivity index (χ2v) is 6.03. The molecule has 2 rings (SSSR count). The Bertz CT molecular complexity index is 670. The Labute approximate surface area is 131 Å². The number of halogens is 4. The quantitative estimate of drug-likeness (QED) is 0.791. The molecule has 21 heavy (non-hydrogen) atoms. The third-order valence-corrected chi connectivity index (χ3v) is 4.65. The van der Waals surface area contributed by atoms with Crippen molar-refractivity contribution in [3.63, 3.8) is 0 Å². The van der Waals surface area contributed by atoms with E-state index in [1.54, 1.807) is 0 Å². The SMILES string of the molecule is Nc1ccc(C(=O)NCc2sccc2Br)cc1C(F)(F)F. The van der Waals surface area contributed by atoms with Crippen molar-refractivity contribution in [3.05, 3.63) is 50.1 Å². The van der Waals surface area contributed by atoms with Crippen molar-refractivity contribution in [1.29, 1.82) is 0 Å². The number of amides is 1. The summed E-state index contributed by atoms with van der Waals surface area (Å²) in [6.45, 7) is 0.239. The minimum atomic E-state index is -4.59. The summed E-state index contributed by atoms with van der Waals surface area (Å²) in [4.78, 5) is 12.8. The monoisotopic (exact) mass is 378 g/mol. The van der Waals surface area contributed by atoms with Gasteiger partial charge in [0.2, 0.25) is 0 Å². The van der Waals surface area contributed by atoms with Gasteiger partial charge in [0.25, 0.3) is 5.91 Å². The van der Waals surface area contributed by atoms with E-state index < -0.39 is 23.3 Å². The van der Waals surface area contributed by atoms with Gasteiger partial charge < -0.3 is 11.1 Å². The molecule has 8 heteroatoms. The Balaban J connectivity index is 2.15. The lowest BCUT2D eigenvalue weighted by Crippen LogP contribution is -2.23. The van der Waals surface area contributed by atoms with E-state index in [0.717, 1.165) is 21.5 Å². The highest BCUT2D eigenvalue weighted by Crippen LogP contribution is 2.34. The Kier molecular flexibility index (Phi) is 4.58. The average molecular weight is 379 g/mol. The van der Waals surface area contributed by atoms with Gasteiger partial charge in [-0.1, -0.05) is 0 Å². The molecule has 0 fully saturated rings. The van der Waals surface area contributed by atoms with E-state index in [4.69, 9.17) is 5.73 Å². The number of anilines is 1. The number of rotatable bonds is 3. The van der Waals surface area contributed by atoms with E-state index >= 15 is 0 Å². The molecule has 1 aromatic carbocycles. The zero-order valence-corrected chi connectivity index (χ0v) is 12.9. The fourth-order valence-corrected chi connectivity index (χ4v) is 3.09. The summed E-state index contributed by atoms with van der Waals surface area (Å²) in [6.07, 6.45) is -4.59. The molecule has 0 aliphatic rings. The average Bonchev–Trinajstić information content (AvgIpc) is 2.80. The van der Waals surface area contributed by atoms with Crippen LogP contribution in [0.5, 0.6) is 0 Å². The second kappa shape index (κ2) is 6.07. The standard InChI is InChI=1S/C13H10BrF3N2OS/c14-9-3-4-21-11(9)6-19-12(20)7-1-2-10(18)8(5-7)13(15,16)17/h1-5H,6,18H2,(H,19,20). The first-order chi connectivity index (χ1) is 9.79. The highest BCUT2D eigenvalue weighted by atomic mass is 79.9. The van der Waals surface area contributed by atoms with Gasteiger partial charge in [0, 0.05) is 20.6 Å². The molecule has 1 heterocycles.